The Morgan fingerprint density at radius 1 is 1.50 bits per heavy atom. The molecular formula is C5H7O. The highest BCUT2D eigenvalue weighted by molar-refractivity contribution is 4.68. The highest BCUT2D eigenvalue weighted by Gasteiger charge is 2.15. The van der Waals surface area contributed by atoms with Gasteiger partial charge in [-0.3, -0.25) is 0 Å². The van der Waals surface area contributed by atoms with Gasteiger partial charge in [0.05, 0.1) is 6.10 Å². The van der Waals surface area contributed by atoms with Crippen LogP contribution in [0, 0.1) is 7.11 Å². The van der Waals surface area contributed by atoms with Crippen molar-refractivity contribution in [2.24, 2.45) is 0 Å². The molecule has 0 unspecified atom stereocenters. The average molecular weight is 83.1 g/mol. The zero-order valence-electron chi connectivity index (χ0n) is 3.61. The van der Waals surface area contributed by atoms with Crippen molar-refractivity contribution in [3.8, 4) is 0 Å². The lowest BCUT2D eigenvalue weighted by Gasteiger charge is -2.22. The van der Waals surface area contributed by atoms with E-state index in [0.717, 1.165) is 12.8 Å². The van der Waals surface area contributed by atoms with Gasteiger partial charge >= 0.3 is 0 Å². The molecule has 0 aromatic heterocycles. The van der Waals surface area contributed by atoms with Gasteiger partial charge in [0.15, 0.2) is 7.11 Å². The third kappa shape index (κ3) is 0.548. The third-order valence-corrected chi connectivity index (χ3v) is 1.22. The topological polar surface area (TPSA) is 9.23 Å². The van der Waals surface area contributed by atoms with Gasteiger partial charge < -0.3 is 4.74 Å². The van der Waals surface area contributed by atoms with Crippen LogP contribution in [0.25, 0.3) is 0 Å². The van der Waals surface area contributed by atoms with Gasteiger partial charge in [-0.25, -0.2) is 0 Å². The Labute approximate surface area is 38.3 Å². The van der Waals surface area contributed by atoms with Crippen LogP contribution in [0.3, 0.4) is 0 Å². The minimum atomic E-state index is 0.282. The van der Waals surface area contributed by atoms with E-state index in [4.69, 9.17) is 7.11 Å². The molecule has 1 heteroatoms. The lowest BCUT2D eigenvalue weighted by atomic mass is 9.96. The predicted molar refractivity (Wildman–Crippen MR) is 22.0 cm³/mol. The second-order valence-corrected chi connectivity index (χ2v) is 1.67. The molecule has 0 heterocycles. The molecule has 1 rings (SSSR count). The first kappa shape index (κ1) is 4.13. The maximum Gasteiger partial charge on any atom is 0.173 e. The van der Waals surface area contributed by atoms with Crippen molar-refractivity contribution < 1.29 is 4.74 Å². The minimum absolute atomic E-state index is 0.282. The summed E-state index contributed by atoms with van der Waals surface area (Å²) in [6.07, 6.45) is 3.74. The maximum absolute atomic E-state index is 6.36. The van der Waals surface area contributed by atoms with E-state index in [9.17, 15) is 0 Å². The molecule has 0 aromatic carbocycles. The summed E-state index contributed by atoms with van der Waals surface area (Å²) in [5.41, 5.74) is 0. The second-order valence-electron chi connectivity index (χ2n) is 1.67. The lowest BCUT2D eigenvalue weighted by molar-refractivity contribution is 0.0688. The van der Waals surface area contributed by atoms with E-state index in [0.29, 0.717) is 0 Å². The van der Waals surface area contributed by atoms with E-state index >= 15 is 0 Å². The highest BCUT2D eigenvalue weighted by Crippen LogP contribution is 2.20. The Hall–Kier alpha value is -0.0400. The van der Waals surface area contributed by atoms with Crippen LogP contribution in [-0.2, 0) is 4.74 Å². The summed E-state index contributed by atoms with van der Waals surface area (Å²) < 4.78 is 4.24. The molecule has 1 aliphatic carbocycles. The van der Waals surface area contributed by atoms with E-state index in [-0.39, 0.29) is 6.10 Å². The minimum Gasteiger partial charge on any atom is -0.362 e. The fourth-order valence-electron chi connectivity index (χ4n) is 0.489. The molecule has 3 radical (unpaired) electrons. The van der Waals surface area contributed by atoms with Gasteiger partial charge in [0.2, 0.25) is 0 Å². The summed E-state index contributed by atoms with van der Waals surface area (Å²) in [4.78, 5) is 0. The molecule has 0 atom stereocenters. The third-order valence-electron chi connectivity index (χ3n) is 1.22. The lowest BCUT2D eigenvalue weighted by Crippen LogP contribution is -2.18. The van der Waals surface area contributed by atoms with E-state index in [2.05, 4.69) is 4.74 Å². The van der Waals surface area contributed by atoms with Crippen LogP contribution in [-0.4, -0.2) is 6.10 Å². The Bertz CT molecular complexity index is 36.4. The molecule has 0 amide bonds. The van der Waals surface area contributed by atoms with Gasteiger partial charge in [0.1, 0.15) is 0 Å². The molecular weight excluding hydrogens is 76.1 g/mol. The molecule has 1 saturated carbocycles. The van der Waals surface area contributed by atoms with Gasteiger partial charge in [-0.15, -0.1) is 0 Å². The van der Waals surface area contributed by atoms with Crippen molar-refractivity contribution in [1.82, 2.24) is 0 Å². The van der Waals surface area contributed by atoms with Gasteiger partial charge in [-0.05, 0) is 19.3 Å². The number of rotatable bonds is 1. The molecule has 0 bridgehead atoms. The summed E-state index contributed by atoms with van der Waals surface area (Å²) in [5.74, 6) is 0. The molecule has 1 nitrogen and oxygen atoms in total. The van der Waals surface area contributed by atoms with Crippen molar-refractivity contribution in [3.05, 3.63) is 7.11 Å². The molecule has 0 spiro atoms. The zero-order valence-corrected chi connectivity index (χ0v) is 3.61. The van der Waals surface area contributed by atoms with Crippen molar-refractivity contribution in [3.63, 3.8) is 0 Å². The quantitative estimate of drug-likeness (QED) is 0.461. The predicted octanol–water partition coefficient (Wildman–Crippen LogP) is 1.10. The number of ether oxygens (including phenoxy) is 1. The molecule has 1 fully saturated rings. The first-order valence-electron chi connectivity index (χ1n) is 2.26. The second kappa shape index (κ2) is 1.61. The largest absolute Gasteiger partial charge is 0.362 e. The molecule has 0 N–H and O–H groups in total. The smallest absolute Gasteiger partial charge is 0.173 e. The van der Waals surface area contributed by atoms with Crippen LogP contribution in [0.2, 0.25) is 0 Å². The molecule has 33 valence electrons. The van der Waals surface area contributed by atoms with E-state index in [1.54, 1.807) is 0 Å². The monoisotopic (exact) mass is 83.0 g/mol. The molecule has 0 aliphatic heterocycles. The Morgan fingerprint density at radius 3 is 2.17 bits per heavy atom. The molecule has 1 aliphatic rings. The van der Waals surface area contributed by atoms with E-state index < -0.39 is 0 Å². The van der Waals surface area contributed by atoms with Crippen LogP contribution in [0.15, 0.2) is 0 Å². The van der Waals surface area contributed by atoms with Gasteiger partial charge in [0, 0.05) is 0 Å². The highest BCUT2D eigenvalue weighted by atomic mass is 16.5. The fourth-order valence-corrected chi connectivity index (χ4v) is 0.489. The fraction of sp³-hybridized carbons (Fsp3) is 0.800. The van der Waals surface area contributed by atoms with Gasteiger partial charge in [-0.2, -0.15) is 0 Å². The van der Waals surface area contributed by atoms with Crippen LogP contribution in [0.4, 0.5) is 0 Å². The average Bonchev–Trinajstić information content (AvgIpc) is 1.31. The summed E-state index contributed by atoms with van der Waals surface area (Å²) in [5, 5.41) is 0. The molecule has 0 aromatic rings. The number of hydrogen-bond donors (Lipinski definition) is 0. The Morgan fingerprint density at radius 2 is 2.17 bits per heavy atom. The molecule has 6 heavy (non-hydrogen) atoms. The van der Waals surface area contributed by atoms with Crippen molar-refractivity contribution in [2.45, 2.75) is 25.4 Å². The summed E-state index contributed by atoms with van der Waals surface area (Å²) >= 11 is 0. The van der Waals surface area contributed by atoms with Gasteiger partial charge in [0.25, 0.3) is 0 Å². The SMILES string of the molecule is [C]OC1CCC1. The Balaban J connectivity index is 2.01. The summed E-state index contributed by atoms with van der Waals surface area (Å²) in [6.45, 7) is 0. The first-order valence-corrected chi connectivity index (χ1v) is 2.26. The van der Waals surface area contributed by atoms with E-state index in [1.807, 2.05) is 0 Å². The van der Waals surface area contributed by atoms with Crippen LogP contribution < -0.4 is 0 Å². The first-order chi connectivity index (χ1) is 2.93. The molecule has 0 saturated heterocycles. The normalized spacial score (nSPS) is 23.5. The van der Waals surface area contributed by atoms with Gasteiger partial charge in [-0.1, -0.05) is 0 Å². The van der Waals surface area contributed by atoms with E-state index in [1.165, 1.54) is 6.42 Å². The maximum atomic E-state index is 6.36. The van der Waals surface area contributed by atoms with Crippen LogP contribution in [0.5, 0.6) is 0 Å². The van der Waals surface area contributed by atoms with Crippen LogP contribution in [0.1, 0.15) is 19.3 Å². The van der Waals surface area contributed by atoms with Crippen molar-refractivity contribution in [2.75, 3.05) is 0 Å². The van der Waals surface area contributed by atoms with Crippen molar-refractivity contribution in [1.29, 1.82) is 0 Å². The summed E-state index contributed by atoms with van der Waals surface area (Å²) in [6, 6.07) is 0. The number of hydrogen-bond acceptors (Lipinski definition) is 1. The van der Waals surface area contributed by atoms with Crippen LogP contribution >= 0.6 is 0 Å². The standard InChI is InChI=1S/C5H7O/c1-6-5-3-2-4-5/h5H,2-4H2. The Kier molecular flexibility index (Phi) is 1.10. The zero-order chi connectivity index (χ0) is 4.41. The summed E-state index contributed by atoms with van der Waals surface area (Å²) in [7, 11) is 6.36. The van der Waals surface area contributed by atoms with Crippen molar-refractivity contribution >= 4 is 0 Å².